The lowest BCUT2D eigenvalue weighted by Gasteiger charge is -2.06. The number of methoxy groups -OCH3 is 2. The Kier molecular flexibility index (Phi) is 2.54. The fourth-order valence-electron chi connectivity index (χ4n) is 0.885. The predicted octanol–water partition coefficient (Wildman–Crippen LogP) is 1.08. The van der Waals surface area contributed by atoms with Crippen LogP contribution in [0.2, 0.25) is 0 Å². The maximum absolute atomic E-state index is 5.24. The minimum Gasteiger partial charge on any atom is -0.490 e. The van der Waals surface area contributed by atoms with Crippen molar-refractivity contribution in [3.05, 3.63) is 17.8 Å². The summed E-state index contributed by atoms with van der Waals surface area (Å²) in [5, 5.41) is 0. The average Bonchev–Trinajstić information content (AvgIpc) is 2.16. The van der Waals surface area contributed by atoms with E-state index in [1.165, 1.54) is 14.2 Å². The smallest absolute Gasteiger partial charge is 0.258 e. The summed E-state index contributed by atoms with van der Waals surface area (Å²) in [4.78, 5) is 3.93. The summed E-state index contributed by atoms with van der Waals surface area (Å²) in [6.07, 6.45) is 6.82. The maximum Gasteiger partial charge on any atom is 0.258 e. The number of pyridine rings is 1. The normalized spacial score (nSPS) is 8.75. The van der Waals surface area contributed by atoms with Crippen molar-refractivity contribution >= 4 is 0 Å². The molecule has 0 aliphatic heterocycles. The fourth-order valence-corrected chi connectivity index (χ4v) is 0.885. The minimum absolute atomic E-state index is 0.410. The molecule has 1 aromatic heterocycles. The lowest BCUT2D eigenvalue weighted by molar-refractivity contribution is 0.342. The first-order valence-corrected chi connectivity index (χ1v) is 3.37. The van der Waals surface area contributed by atoms with Gasteiger partial charge in [-0.25, -0.2) is 4.98 Å². The molecule has 0 aliphatic rings. The second-order valence-corrected chi connectivity index (χ2v) is 2.05. The van der Waals surface area contributed by atoms with E-state index in [0.29, 0.717) is 17.2 Å². The molecular formula is C9H9NO2. The highest BCUT2D eigenvalue weighted by Crippen LogP contribution is 2.26. The van der Waals surface area contributed by atoms with E-state index < -0.39 is 0 Å². The molecule has 0 fully saturated rings. The molecule has 62 valence electrons. The number of nitrogens with zero attached hydrogens (tertiary/aromatic N) is 1. The first-order chi connectivity index (χ1) is 5.83. The molecule has 0 amide bonds. The van der Waals surface area contributed by atoms with Gasteiger partial charge in [-0.2, -0.15) is 0 Å². The van der Waals surface area contributed by atoms with Gasteiger partial charge in [-0.15, -0.1) is 6.42 Å². The Morgan fingerprint density at radius 3 is 2.67 bits per heavy atom. The van der Waals surface area contributed by atoms with Crippen LogP contribution in [0, 0.1) is 12.3 Å². The van der Waals surface area contributed by atoms with Crippen molar-refractivity contribution in [3.8, 4) is 24.0 Å². The van der Waals surface area contributed by atoms with E-state index >= 15 is 0 Å². The topological polar surface area (TPSA) is 31.4 Å². The van der Waals surface area contributed by atoms with Gasteiger partial charge in [-0.05, 0) is 6.07 Å². The SMILES string of the molecule is C#Cc1ccnc(OC)c1OC. The summed E-state index contributed by atoms with van der Waals surface area (Å²) in [5.41, 5.74) is 0.643. The lowest BCUT2D eigenvalue weighted by Crippen LogP contribution is -1.95. The van der Waals surface area contributed by atoms with Crippen LogP contribution in [0.1, 0.15) is 5.56 Å². The summed E-state index contributed by atoms with van der Waals surface area (Å²) in [6.45, 7) is 0. The van der Waals surface area contributed by atoms with Crippen molar-refractivity contribution in [1.29, 1.82) is 0 Å². The zero-order valence-electron chi connectivity index (χ0n) is 7.00. The van der Waals surface area contributed by atoms with Crippen molar-refractivity contribution < 1.29 is 9.47 Å². The van der Waals surface area contributed by atoms with E-state index in [2.05, 4.69) is 10.9 Å². The monoisotopic (exact) mass is 163 g/mol. The molecule has 0 spiro atoms. The number of rotatable bonds is 2. The molecule has 3 nitrogen and oxygen atoms in total. The molecule has 3 heteroatoms. The van der Waals surface area contributed by atoms with E-state index in [9.17, 15) is 0 Å². The zero-order chi connectivity index (χ0) is 8.97. The van der Waals surface area contributed by atoms with Crippen LogP contribution in [-0.2, 0) is 0 Å². The van der Waals surface area contributed by atoms with Crippen LogP contribution in [0.3, 0.4) is 0 Å². The highest BCUT2D eigenvalue weighted by Gasteiger charge is 2.07. The molecule has 1 aromatic rings. The summed E-state index contributed by atoms with van der Waals surface area (Å²) in [5.74, 6) is 3.39. The van der Waals surface area contributed by atoms with Crippen LogP contribution in [0.5, 0.6) is 11.6 Å². The quantitative estimate of drug-likeness (QED) is 0.611. The van der Waals surface area contributed by atoms with Crippen molar-refractivity contribution in [1.82, 2.24) is 4.98 Å². The number of hydrogen-bond donors (Lipinski definition) is 0. The van der Waals surface area contributed by atoms with Crippen LogP contribution in [0.4, 0.5) is 0 Å². The van der Waals surface area contributed by atoms with Crippen LogP contribution in [0.25, 0.3) is 0 Å². The van der Waals surface area contributed by atoms with Crippen molar-refractivity contribution in [2.45, 2.75) is 0 Å². The molecule has 0 aliphatic carbocycles. The van der Waals surface area contributed by atoms with Crippen LogP contribution >= 0.6 is 0 Å². The first kappa shape index (κ1) is 8.41. The third-order valence-electron chi connectivity index (χ3n) is 1.42. The first-order valence-electron chi connectivity index (χ1n) is 3.37. The van der Waals surface area contributed by atoms with Crippen molar-refractivity contribution in [3.63, 3.8) is 0 Å². The average molecular weight is 163 g/mol. The third kappa shape index (κ3) is 1.32. The predicted molar refractivity (Wildman–Crippen MR) is 45.3 cm³/mol. The highest BCUT2D eigenvalue weighted by atomic mass is 16.5. The number of hydrogen-bond acceptors (Lipinski definition) is 3. The Hall–Kier alpha value is -1.69. The Morgan fingerprint density at radius 1 is 1.42 bits per heavy atom. The van der Waals surface area contributed by atoms with E-state index in [1.807, 2.05) is 0 Å². The Labute approximate surface area is 71.3 Å². The van der Waals surface area contributed by atoms with Crippen LogP contribution in [-0.4, -0.2) is 19.2 Å². The molecular weight excluding hydrogens is 154 g/mol. The molecule has 0 saturated heterocycles. The van der Waals surface area contributed by atoms with Crippen LogP contribution < -0.4 is 9.47 Å². The second kappa shape index (κ2) is 3.63. The van der Waals surface area contributed by atoms with E-state index in [-0.39, 0.29) is 0 Å². The van der Waals surface area contributed by atoms with Gasteiger partial charge in [0.1, 0.15) is 0 Å². The molecule has 0 unspecified atom stereocenters. The molecule has 0 aromatic carbocycles. The molecule has 0 atom stereocenters. The van der Waals surface area contributed by atoms with Gasteiger partial charge in [-0.3, -0.25) is 0 Å². The van der Waals surface area contributed by atoms with Gasteiger partial charge in [0.05, 0.1) is 19.8 Å². The molecule has 0 radical (unpaired) electrons. The Bertz CT molecular complexity index is 315. The Balaban J connectivity index is 3.24. The zero-order valence-corrected chi connectivity index (χ0v) is 7.00. The molecule has 0 saturated carbocycles. The largest absolute Gasteiger partial charge is 0.490 e. The highest BCUT2D eigenvalue weighted by molar-refractivity contribution is 5.49. The molecule has 1 rings (SSSR count). The molecule has 1 heterocycles. The molecule has 12 heavy (non-hydrogen) atoms. The summed E-state index contributed by atoms with van der Waals surface area (Å²) < 4.78 is 9.98. The van der Waals surface area contributed by atoms with Gasteiger partial charge in [0, 0.05) is 6.20 Å². The standard InChI is InChI=1S/C9H9NO2/c1-4-7-5-6-10-9(12-3)8(7)11-2/h1,5-6H,2-3H3. The number of aromatic nitrogens is 1. The van der Waals surface area contributed by atoms with E-state index in [1.54, 1.807) is 12.3 Å². The fraction of sp³-hybridized carbons (Fsp3) is 0.222. The van der Waals surface area contributed by atoms with E-state index in [4.69, 9.17) is 15.9 Å². The second-order valence-electron chi connectivity index (χ2n) is 2.05. The lowest BCUT2D eigenvalue weighted by atomic mass is 10.2. The number of terminal acetylenes is 1. The van der Waals surface area contributed by atoms with E-state index in [0.717, 1.165) is 0 Å². The van der Waals surface area contributed by atoms with Gasteiger partial charge in [0.15, 0.2) is 5.75 Å². The van der Waals surface area contributed by atoms with Gasteiger partial charge in [-0.1, -0.05) is 5.92 Å². The van der Waals surface area contributed by atoms with Crippen molar-refractivity contribution in [2.24, 2.45) is 0 Å². The van der Waals surface area contributed by atoms with Gasteiger partial charge in [0.2, 0.25) is 0 Å². The van der Waals surface area contributed by atoms with Gasteiger partial charge < -0.3 is 9.47 Å². The molecule has 0 N–H and O–H groups in total. The van der Waals surface area contributed by atoms with Crippen LogP contribution in [0.15, 0.2) is 12.3 Å². The summed E-state index contributed by atoms with van der Waals surface area (Å²) in [6, 6.07) is 1.70. The minimum atomic E-state index is 0.410. The maximum atomic E-state index is 5.24. The summed E-state index contributed by atoms with van der Waals surface area (Å²) >= 11 is 0. The Morgan fingerprint density at radius 2 is 2.17 bits per heavy atom. The van der Waals surface area contributed by atoms with Crippen molar-refractivity contribution in [2.75, 3.05) is 14.2 Å². The van der Waals surface area contributed by atoms with Gasteiger partial charge in [0.25, 0.3) is 5.88 Å². The summed E-state index contributed by atoms with van der Waals surface area (Å²) in [7, 11) is 3.05. The third-order valence-corrected chi connectivity index (χ3v) is 1.42. The molecule has 0 bridgehead atoms. The number of ether oxygens (including phenoxy) is 2. The van der Waals surface area contributed by atoms with Gasteiger partial charge >= 0.3 is 0 Å².